The molecule has 4 aliphatic rings. The van der Waals surface area contributed by atoms with Gasteiger partial charge >= 0.3 is 0 Å². The van der Waals surface area contributed by atoms with Gasteiger partial charge in [-0.15, -0.1) is 0 Å². The minimum atomic E-state index is -0.811. The molecule has 1 heterocycles. The summed E-state index contributed by atoms with van der Waals surface area (Å²) >= 11 is 0. The minimum Gasteiger partial charge on any atom is -0.393 e. The summed E-state index contributed by atoms with van der Waals surface area (Å²) in [5, 5.41) is 23.3. The predicted molar refractivity (Wildman–Crippen MR) is 126 cm³/mol. The molecule has 6 rings (SSSR count). The molecule has 0 saturated heterocycles. The molecule has 0 spiro atoms. The Morgan fingerprint density at radius 2 is 2.03 bits per heavy atom. The van der Waals surface area contributed by atoms with Crippen LogP contribution in [0.15, 0.2) is 53.8 Å². The average Bonchev–Trinajstić information content (AvgIpc) is 3.06. The Morgan fingerprint density at radius 1 is 1.16 bits per heavy atom. The fourth-order valence-corrected chi connectivity index (χ4v) is 6.98. The van der Waals surface area contributed by atoms with E-state index in [1.165, 1.54) is 16.7 Å². The number of hydrogen-bond donors (Lipinski definition) is 3. The first-order chi connectivity index (χ1) is 15.4. The highest BCUT2D eigenvalue weighted by molar-refractivity contribution is 5.85. The third-order valence-electron chi connectivity index (χ3n) is 8.73. The first-order valence-electron chi connectivity index (χ1n) is 11.9. The topological polar surface area (TPSA) is 92.3 Å². The number of nitrogens with two attached hydrogens (primary N) is 1. The van der Waals surface area contributed by atoms with Crippen LogP contribution in [0, 0.1) is 17.3 Å². The number of aromatic nitrogens is 2. The smallest absolute Gasteiger partial charge is 0.220 e. The number of rotatable bonds is 1. The number of benzene rings is 1. The van der Waals surface area contributed by atoms with Crippen molar-refractivity contribution < 1.29 is 10.2 Å². The van der Waals surface area contributed by atoms with Crippen molar-refractivity contribution in [2.75, 3.05) is 5.73 Å². The second-order valence-corrected chi connectivity index (χ2v) is 10.5. The zero-order valence-electron chi connectivity index (χ0n) is 18.6. The first-order valence-corrected chi connectivity index (χ1v) is 11.9. The second-order valence-electron chi connectivity index (χ2n) is 10.5. The van der Waals surface area contributed by atoms with Crippen molar-refractivity contribution in [1.29, 1.82) is 0 Å². The molecule has 5 nitrogen and oxygen atoms in total. The van der Waals surface area contributed by atoms with E-state index in [-0.39, 0.29) is 17.4 Å². The minimum absolute atomic E-state index is 0.117. The maximum atomic E-state index is 12.1. The maximum absolute atomic E-state index is 12.1. The van der Waals surface area contributed by atoms with Crippen LogP contribution in [0.5, 0.6) is 0 Å². The normalized spacial score (nSPS) is 36.3. The molecule has 5 heteroatoms. The highest BCUT2D eigenvalue weighted by Gasteiger charge is 2.55. The number of allylic oxidation sites excluding steroid dienone is 3. The van der Waals surface area contributed by atoms with Crippen LogP contribution in [0.4, 0.5) is 5.95 Å². The van der Waals surface area contributed by atoms with Gasteiger partial charge in [-0.1, -0.05) is 36.8 Å². The van der Waals surface area contributed by atoms with Crippen LogP contribution in [0.25, 0.3) is 16.5 Å². The van der Waals surface area contributed by atoms with Crippen molar-refractivity contribution in [2.45, 2.75) is 63.6 Å². The molecular weight excluding hydrogens is 398 g/mol. The number of aliphatic hydroxyl groups is 2. The van der Waals surface area contributed by atoms with E-state index in [9.17, 15) is 10.2 Å². The van der Waals surface area contributed by atoms with Crippen LogP contribution in [-0.2, 0) is 0 Å². The van der Waals surface area contributed by atoms with Crippen molar-refractivity contribution in [1.82, 2.24) is 9.97 Å². The fraction of sp³-hybridized carbons (Fsp3) is 0.481. The monoisotopic (exact) mass is 429 g/mol. The van der Waals surface area contributed by atoms with Gasteiger partial charge in [-0.05, 0) is 79.7 Å². The van der Waals surface area contributed by atoms with E-state index < -0.39 is 5.60 Å². The lowest BCUT2D eigenvalue weighted by molar-refractivity contribution is -0.0330. The number of nitrogens with zero attached hydrogens (tertiary/aromatic N) is 2. The van der Waals surface area contributed by atoms with E-state index in [4.69, 9.17) is 5.73 Å². The van der Waals surface area contributed by atoms with Gasteiger partial charge in [0.15, 0.2) is 0 Å². The third kappa shape index (κ3) is 2.91. The van der Waals surface area contributed by atoms with Crippen molar-refractivity contribution in [3.8, 4) is 0 Å². The van der Waals surface area contributed by atoms with E-state index in [2.05, 4.69) is 47.3 Å². The average molecular weight is 430 g/mol. The number of aliphatic hydroxyl groups excluding tert-OH is 1. The molecule has 2 aromatic rings. The number of hydrogen-bond acceptors (Lipinski definition) is 5. The Morgan fingerprint density at radius 3 is 2.91 bits per heavy atom. The molecule has 0 amide bonds. The first kappa shape index (κ1) is 20.1. The summed E-state index contributed by atoms with van der Waals surface area (Å²) in [5.41, 5.74) is 10.6. The predicted octanol–water partition coefficient (Wildman–Crippen LogP) is 4.56. The van der Waals surface area contributed by atoms with Crippen LogP contribution in [0.2, 0.25) is 0 Å². The van der Waals surface area contributed by atoms with Gasteiger partial charge in [0, 0.05) is 22.9 Å². The van der Waals surface area contributed by atoms with E-state index in [1.807, 2.05) is 6.07 Å². The molecular formula is C27H31N3O2. The van der Waals surface area contributed by atoms with E-state index >= 15 is 0 Å². The molecule has 1 saturated carbocycles. The van der Waals surface area contributed by atoms with Gasteiger partial charge in [0.25, 0.3) is 0 Å². The molecule has 32 heavy (non-hydrogen) atoms. The molecule has 1 fully saturated rings. The summed E-state index contributed by atoms with van der Waals surface area (Å²) in [6, 6.07) is 6.30. The molecule has 0 aliphatic heterocycles. The van der Waals surface area contributed by atoms with Gasteiger partial charge in [0.1, 0.15) is 0 Å². The van der Waals surface area contributed by atoms with E-state index in [0.29, 0.717) is 11.9 Å². The zero-order chi connectivity index (χ0) is 22.1. The maximum Gasteiger partial charge on any atom is 0.220 e. The van der Waals surface area contributed by atoms with E-state index in [0.717, 1.165) is 61.4 Å². The second kappa shape index (κ2) is 7.00. The summed E-state index contributed by atoms with van der Waals surface area (Å²) in [4.78, 5) is 8.50. The van der Waals surface area contributed by atoms with Gasteiger partial charge in [-0.3, -0.25) is 0 Å². The van der Waals surface area contributed by atoms with Crippen LogP contribution in [0.3, 0.4) is 0 Å². The largest absolute Gasteiger partial charge is 0.393 e. The highest BCUT2D eigenvalue weighted by Crippen LogP contribution is 2.61. The van der Waals surface area contributed by atoms with Crippen LogP contribution >= 0.6 is 0 Å². The number of anilines is 1. The lowest BCUT2D eigenvalue weighted by Gasteiger charge is -2.48. The van der Waals surface area contributed by atoms with Gasteiger partial charge < -0.3 is 15.9 Å². The Kier molecular flexibility index (Phi) is 4.40. The summed E-state index contributed by atoms with van der Waals surface area (Å²) < 4.78 is 0. The Hall–Kier alpha value is -2.50. The number of nitrogen functional groups attached to an aromatic ring is 1. The molecule has 166 valence electrons. The lowest BCUT2D eigenvalue weighted by atomic mass is 9.58. The van der Waals surface area contributed by atoms with Crippen LogP contribution < -0.4 is 5.73 Å². The quantitative estimate of drug-likeness (QED) is 0.618. The SMILES string of the molecule is CC12CC=C3C=C4CC(O)CCC4CC[C@]3(O)C1CC=C2c1ccc2nc(N)ncc2c1. The molecule has 0 radical (unpaired) electrons. The van der Waals surface area contributed by atoms with Gasteiger partial charge in [0.05, 0.1) is 17.2 Å². The summed E-state index contributed by atoms with van der Waals surface area (Å²) in [7, 11) is 0. The molecule has 1 aromatic heterocycles. The van der Waals surface area contributed by atoms with Crippen molar-refractivity contribution in [2.24, 2.45) is 17.3 Å². The zero-order valence-corrected chi connectivity index (χ0v) is 18.6. The Labute approximate surface area is 188 Å². The Balaban J connectivity index is 1.37. The standard InChI is InChI=1S/C27H31N3O2/c1-26-10-9-20-13-18-14-21(31)4-2-16(18)8-11-27(20,32)24(26)7-5-22(26)17-3-6-23-19(12-17)15-29-25(28)30-23/h3,5-6,9,12-13,15-16,21,24,31-32H,2,4,7-8,10-11,14H2,1H3,(H2,28,29,30)/t16?,21?,24?,26?,27-/m1/s1. The molecule has 1 aromatic carbocycles. The lowest BCUT2D eigenvalue weighted by Crippen LogP contribution is -2.48. The van der Waals surface area contributed by atoms with Crippen LogP contribution in [-0.4, -0.2) is 31.9 Å². The molecule has 4 N–H and O–H groups in total. The summed E-state index contributed by atoms with van der Waals surface area (Å²) in [6.07, 6.45) is 14.7. The molecule has 4 aliphatic carbocycles. The summed E-state index contributed by atoms with van der Waals surface area (Å²) in [5.74, 6) is 0.951. The molecule has 0 bridgehead atoms. The fourth-order valence-electron chi connectivity index (χ4n) is 6.98. The third-order valence-corrected chi connectivity index (χ3v) is 8.73. The van der Waals surface area contributed by atoms with Gasteiger partial charge in [-0.25, -0.2) is 9.97 Å². The highest BCUT2D eigenvalue weighted by atomic mass is 16.3. The van der Waals surface area contributed by atoms with Crippen molar-refractivity contribution >= 4 is 22.4 Å². The summed E-state index contributed by atoms with van der Waals surface area (Å²) in [6.45, 7) is 2.32. The number of fused-ring (bicyclic) bond motifs is 5. The molecule has 5 atom stereocenters. The van der Waals surface area contributed by atoms with Gasteiger partial charge in [0.2, 0.25) is 5.95 Å². The van der Waals surface area contributed by atoms with Crippen LogP contribution in [0.1, 0.15) is 57.4 Å². The van der Waals surface area contributed by atoms with Gasteiger partial charge in [-0.2, -0.15) is 0 Å². The Bertz CT molecular complexity index is 1200. The van der Waals surface area contributed by atoms with Crippen molar-refractivity contribution in [3.63, 3.8) is 0 Å². The van der Waals surface area contributed by atoms with E-state index in [1.54, 1.807) is 6.20 Å². The van der Waals surface area contributed by atoms with Crippen molar-refractivity contribution in [3.05, 3.63) is 59.3 Å². The molecule has 4 unspecified atom stereocenters.